The Morgan fingerprint density at radius 3 is 2.47 bits per heavy atom. The van der Waals surface area contributed by atoms with Crippen LogP contribution >= 0.6 is 0 Å². The van der Waals surface area contributed by atoms with Gasteiger partial charge in [0.05, 0.1) is 23.7 Å². The lowest BCUT2D eigenvalue weighted by atomic mass is 10.1. The van der Waals surface area contributed by atoms with Crippen LogP contribution in [-0.4, -0.2) is 62.7 Å². The molecule has 0 aromatic heterocycles. The number of morpholine rings is 1. The number of hydrogen-bond acceptors (Lipinski definition) is 4. The molecule has 0 aliphatic carbocycles. The van der Waals surface area contributed by atoms with Crippen molar-refractivity contribution >= 4 is 15.9 Å². The highest BCUT2D eigenvalue weighted by atomic mass is 32.2. The molecule has 2 fully saturated rings. The van der Waals surface area contributed by atoms with E-state index < -0.39 is 9.84 Å². The van der Waals surface area contributed by atoms with E-state index in [4.69, 9.17) is 4.74 Å². The molecule has 2 heterocycles. The highest BCUT2D eigenvalue weighted by Gasteiger charge is 2.30. The Labute approximate surface area is 114 Å². The van der Waals surface area contributed by atoms with Crippen LogP contribution in [0.15, 0.2) is 0 Å². The third kappa shape index (κ3) is 4.07. The zero-order valence-corrected chi connectivity index (χ0v) is 12.3. The molecule has 7 heteroatoms. The molecule has 110 valence electrons. The second-order valence-corrected chi connectivity index (χ2v) is 7.85. The van der Waals surface area contributed by atoms with Gasteiger partial charge in [-0.15, -0.1) is 0 Å². The molecule has 0 spiro atoms. The molecule has 0 aromatic carbocycles. The summed E-state index contributed by atoms with van der Waals surface area (Å²) in [6.07, 6.45) is 0.737. The summed E-state index contributed by atoms with van der Waals surface area (Å²) in [4.78, 5) is 13.8. The smallest absolute Gasteiger partial charge is 0.317 e. The Morgan fingerprint density at radius 1 is 1.32 bits per heavy atom. The summed E-state index contributed by atoms with van der Waals surface area (Å²) in [5.74, 6) is 0.507. The first-order valence-electron chi connectivity index (χ1n) is 6.74. The van der Waals surface area contributed by atoms with Gasteiger partial charge in [0.1, 0.15) is 0 Å². The fourth-order valence-corrected chi connectivity index (χ4v) is 4.58. The van der Waals surface area contributed by atoms with Crippen LogP contribution in [0.1, 0.15) is 20.3 Å². The average molecular weight is 290 g/mol. The second kappa shape index (κ2) is 5.66. The van der Waals surface area contributed by atoms with Gasteiger partial charge in [-0.05, 0) is 26.2 Å². The number of sulfone groups is 1. The minimum absolute atomic E-state index is 0.0429. The van der Waals surface area contributed by atoms with Gasteiger partial charge in [-0.2, -0.15) is 0 Å². The van der Waals surface area contributed by atoms with Gasteiger partial charge in [0, 0.05) is 19.6 Å². The molecule has 2 amide bonds. The summed E-state index contributed by atoms with van der Waals surface area (Å²) in [5, 5.41) is 2.84. The molecule has 0 bridgehead atoms. The van der Waals surface area contributed by atoms with E-state index in [-0.39, 0.29) is 35.7 Å². The van der Waals surface area contributed by atoms with Crippen LogP contribution in [0, 0.1) is 5.92 Å². The van der Waals surface area contributed by atoms with Crippen LogP contribution in [-0.2, 0) is 14.6 Å². The molecule has 2 aliphatic heterocycles. The predicted molar refractivity (Wildman–Crippen MR) is 71.7 cm³/mol. The summed E-state index contributed by atoms with van der Waals surface area (Å²) in [7, 11) is -2.87. The second-order valence-electron chi connectivity index (χ2n) is 5.62. The number of carbonyl (C=O) groups excluding carboxylic acids is 1. The lowest BCUT2D eigenvalue weighted by molar-refractivity contribution is -0.0545. The lowest BCUT2D eigenvalue weighted by Crippen LogP contribution is -2.52. The highest BCUT2D eigenvalue weighted by Crippen LogP contribution is 2.17. The Hall–Kier alpha value is -0.820. The maximum absolute atomic E-state index is 12.0. The normalized spacial score (nSPS) is 34.2. The average Bonchev–Trinajstić information content (AvgIpc) is 2.64. The van der Waals surface area contributed by atoms with E-state index in [2.05, 4.69) is 5.32 Å². The van der Waals surface area contributed by atoms with Crippen LogP contribution < -0.4 is 5.32 Å². The molecule has 0 radical (unpaired) electrons. The Kier molecular flexibility index (Phi) is 4.35. The first-order valence-corrected chi connectivity index (χ1v) is 8.56. The molecule has 6 nitrogen and oxygen atoms in total. The molecular weight excluding hydrogens is 268 g/mol. The van der Waals surface area contributed by atoms with Crippen molar-refractivity contribution in [3.63, 3.8) is 0 Å². The summed E-state index contributed by atoms with van der Waals surface area (Å²) in [5.41, 5.74) is 0. The highest BCUT2D eigenvalue weighted by molar-refractivity contribution is 7.91. The van der Waals surface area contributed by atoms with Crippen molar-refractivity contribution in [2.24, 2.45) is 5.92 Å². The fraction of sp³-hybridized carbons (Fsp3) is 0.917. The van der Waals surface area contributed by atoms with Crippen molar-refractivity contribution in [1.29, 1.82) is 0 Å². The van der Waals surface area contributed by atoms with E-state index in [0.29, 0.717) is 26.1 Å². The maximum atomic E-state index is 12.0. The number of rotatable bonds is 2. The maximum Gasteiger partial charge on any atom is 0.317 e. The van der Waals surface area contributed by atoms with Gasteiger partial charge < -0.3 is 15.0 Å². The van der Waals surface area contributed by atoms with Crippen LogP contribution in [0.3, 0.4) is 0 Å². The molecule has 0 saturated carbocycles. The lowest BCUT2D eigenvalue weighted by Gasteiger charge is -2.35. The van der Waals surface area contributed by atoms with Gasteiger partial charge in [0.25, 0.3) is 0 Å². The standard InChI is InChI=1S/C12H22N2O4S/c1-9-6-14(7-10(2)18-9)12(15)13-5-11-3-4-19(16,17)8-11/h9-11H,3-8H2,1-2H3,(H,13,15)/t9-,10+,11-/m0/s1. The Bertz CT molecular complexity index is 427. The van der Waals surface area contributed by atoms with Gasteiger partial charge in [-0.25, -0.2) is 13.2 Å². The van der Waals surface area contributed by atoms with Gasteiger partial charge in [0.15, 0.2) is 9.84 Å². The molecule has 2 aliphatic rings. The number of nitrogens with zero attached hydrogens (tertiary/aromatic N) is 1. The number of hydrogen-bond donors (Lipinski definition) is 1. The molecule has 3 atom stereocenters. The van der Waals surface area contributed by atoms with Gasteiger partial charge in [0.2, 0.25) is 0 Å². The largest absolute Gasteiger partial charge is 0.372 e. The minimum atomic E-state index is -2.87. The van der Waals surface area contributed by atoms with Gasteiger partial charge in [-0.3, -0.25) is 0 Å². The zero-order chi connectivity index (χ0) is 14.0. The van der Waals surface area contributed by atoms with Crippen molar-refractivity contribution in [2.75, 3.05) is 31.1 Å². The van der Waals surface area contributed by atoms with Gasteiger partial charge >= 0.3 is 6.03 Å². The first-order chi connectivity index (χ1) is 8.85. The van der Waals surface area contributed by atoms with Crippen LogP contribution in [0.4, 0.5) is 4.79 Å². The predicted octanol–water partition coefficient (Wildman–Crippen LogP) is 0.240. The number of urea groups is 1. The topological polar surface area (TPSA) is 75.7 Å². The first kappa shape index (κ1) is 14.6. The van der Waals surface area contributed by atoms with E-state index in [0.717, 1.165) is 0 Å². The SMILES string of the molecule is C[C@@H]1CN(C(=O)NC[C@@H]2CCS(=O)(=O)C2)C[C@H](C)O1. The van der Waals surface area contributed by atoms with Crippen LogP contribution in [0.5, 0.6) is 0 Å². The monoisotopic (exact) mass is 290 g/mol. The minimum Gasteiger partial charge on any atom is -0.372 e. The quantitative estimate of drug-likeness (QED) is 0.790. The molecular formula is C12H22N2O4S. The summed E-state index contributed by atoms with van der Waals surface area (Å²) < 4.78 is 28.2. The third-order valence-electron chi connectivity index (χ3n) is 3.58. The number of amides is 2. The van der Waals surface area contributed by atoms with E-state index in [1.807, 2.05) is 13.8 Å². The van der Waals surface area contributed by atoms with Crippen molar-refractivity contribution in [3.05, 3.63) is 0 Å². The zero-order valence-electron chi connectivity index (χ0n) is 11.5. The van der Waals surface area contributed by atoms with Crippen molar-refractivity contribution in [2.45, 2.75) is 32.5 Å². The van der Waals surface area contributed by atoms with Crippen LogP contribution in [0.2, 0.25) is 0 Å². The molecule has 1 N–H and O–H groups in total. The third-order valence-corrected chi connectivity index (χ3v) is 5.41. The number of carbonyl (C=O) groups is 1. The molecule has 2 saturated heterocycles. The van der Waals surface area contributed by atoms with Crippen molar-refractivity contribution in [3.8, 4) is 0 Å². The van der Waals surface area contributed by atoms with Crippen molar-refractivity contribution < 1.29 is 17.9 Å². The van der Waals surface area contributed by atoms with Crippen LogP contribution in [0.25, 0.3) is 0 Å². The summed E-state index contributed by atoms with van der Waals surface area (Å²) >= 11 is 0. The number of nitrogens with one attached hydrogen (secondary N) is 1. The van der Waals surface area contributed by atoms with E-state index >= 15 is 0 Å². The molecule has 0 unspecified atom stereocenters. The van der Waals surface area contributed by atoms with Gasteiger partial charge in [-0.1, -0.05) is 0 Å². The van der Waals surface area contributed by atoms with E-state index in [1.54, 1.807) is 4.90 Å². The van der Waals surface area contributed by atoms with Crippen molar-refractivity contribution in [1.82, 2.24) is 10.2 Å². The molecule has 2 rings (SSSR count). The Balaban J connectivity index is 1.78. The van der Waals surface area contributed by atoms with E-state index in [9.17, 15) is 13.2 Å². The molecule has 19 heavy (non-hydrogen) atoms. The summed E-state index contributed by atoms with van der Waals surface area (Å²) in [6.45, 7) is 5.50. The van der Waals surface area contributed by atoms with E-state index in [1.165, 1.54) is 0 Å². The number of ether oxygens (including phenoxy) is 1. The molecule has 0 aromatic rings. The Morgan fingerprint density at radius 2 is 1.95 bits per heavy atom. The summed E-state index contributed by atoms with van der Waals surface area (Å²) in [6, 6.07) is -0.119. The fourth-order valence-electron chi connectivity index (χ4n) is 2.72.